The first-order valence-electron chi connectivity index (χ1n) is 12.3. The molecule has 0 aliphatic rings. The normalized spacial score (nSPS) is 12.4. The number of hydrogen-bond donors (Lipinski definition) is 1. The van der Waals surface area contributed by atoms with Gasteiger partial charge in [-0.15, -0.1) is 5.10 Å². The lowest BCUT2D eigenvalue weighted by Crippen LogP contribution is -2.35. The zero-order valence-electron chi connectivity index (χ0n) is 22.0. The zero-order chi connectivity index (χ0) is 26.4. The lowest BCUT2D eigenvalue weighted by molar-refractivity contribution is 0.121. The van der Waals surface area contributed by atoms with Gasteiger partial charge in [0.1, 0.15) is 11.5 Å². The fourth-order valence-electron chi connectivity index (χ4n) is 4.55. The van der Waals surface area contributed by atoms with Gasteiger partial charge in [-0.05, 0) is 58.3 Å². The van der Waals surface area contributed by atoms with Crippen molar-refractivity contribution in [1.29, 1.82) is 0 Å². The molecule has 0 aliphatic heterocycles. The summed E-state index contributed by atoms with van der Waals surface area (Å²) in [6.07, 6.45) is 0. The molecule has 0 saturated carbocycles. The van der Waals surface area contributed by atoms with Crippen molar-refractivity contribution in [3.63, 3.8) is 0 Å². The molecule has 0 saturated heterocycles. The van der Waals surface area contributed by atoms with E-state index in [1.807, 2.05) is 48.5 Å². The van der Waals surface area contributed by atoms with E-state index in [0.29, 0.717) is 31.8 Å². The summed E-state index contributed by atoms with van der Waals surface area (Å²) in [6, 6.07) is 15.3. The third-order valence-corrected chi connectivity index (χ3v) is 6.40. The monoisotopic (exact) mass is 506 g/mol. The van der Waals surface area contributed by atoms with E-state index in [2.05, 4.69) is 39.3 Å². The first kappa shape index (κ1) is 26.3. The van der Waals surface area contributed by atoms with Crippen LogP contribution in [0.25, 0.3) is 10.9 Å². The van der Waals surface area contributed by atoms with Gasteiger partial charge >= 0.3 is 0 Å². The molecule has 4 rings (SSSR count). The SMILES string of the molecule is COCCn1nnnc1[C@@H](C(C)C)N(Cc1ccc(OC)cc1)Cc1cc2cc(OC)ccc2[nH]c1=O. The van der Waals surface area contributed by atoms with E-state index < -0.39 is 0 Å². The number of fused-ring (bicyclic) bond motifs is 1. The smallest absolute Gasteiger partial charge is 0.252 e. The highest BCUT2D eigenvalue weighted by Gasteiger charge is 2.30. The van der Waals surface area contributed by atoms with Crippen LogP contribution in [0.5, 0.6) is 11.5 Å². The van der Waals surface area contributed by atoms with Crippen LogP contribution < -0.4 is 15.0 Å². The lowest BCUT2D eigenvalue weighted by atomic mass is 9.99. The van der Waals surface area contributed by atoms with Crippen molar-refractivity contribution in [3.8, 4) is 11.5 Å². The van der Waals surface area contributed by atoms with Crippen molar-refractivity contribution >= 4 is 10.9 Å². The number of nitrogens with one attached hydrogen (secondary N) is 1. The molecule has 0 radical (unpaired) electrons. The summed E-state index contributed by atoms with van der Waals surface area (Å²) in [4.78, 5) is 18.4. The molecule has 2 heterocycles. The third kappa shape index (κ3) is 6.15. The van der Waals surface area contributed by atoms with Crippen LogP contribution in [0.4, 0.5) is 0 Å². The molecule has 2 aromatic heterocycles. The van der Waals surface area contributed by atoms with Crippen LogP contribution >= 0.6 is 0 Å². The van der Waals surface area contributed by atoms with Crippen molar-refractivity contribution in [2.24, 2.45) is 5.92 Å². The number of pyridine rings is 1. The number of methoxy groups -OCH3 is 3. The summed E-state index contributed by atoms with van der Waals surface area (Å²) in [5.74, 6) is 2.42. The fourth-order valence-corrected chi connectivity index (χ4v) is 4.55. The number of tetrazole rings is 1. The van der Waals surface area contributed by atoms with E-state index in [1.54, 1.807) is 26.0 Å². The molecule has 196 valence electrons. The second-order valence-corrected chi connectivity index (χ2v) is 9.27. The average molecular weight is 507 g/mol. The molecular weight excluding hydrogens is 472 g/mol. The summed E-state index contributed by atoms with van der Waals surface area (Å²) in [6.45, 7) is 6.28. The Labute approximate surface area is 216 Å². The molecule has 0 spiro atoms. The maximum Gasteiger partial charge on any atom is 0.252 e. The number of nitrogens with zero attached hydrogens (tertiary/aromatic N) is 5. The van der Waals surface area contributed by atoms with Gasteiger partial charge in [0.25, 0.3) is 5.56 Å². The Balaban J connectivity index is 1.76. The van der Waals surface area contributed by atoms with E-state index in [0.717, 1.165) is 33.8 Å². The molecule has 1 N–H and O–H groups in total. The minimum Gasteiger partial charge on any atom is -0.497 e. The van der Waals surface area contributed by atoms with Crippen molar-refractivity contribution < 1.29 is 14.2 Å². The molecular formula is C27H34N6O4. The predicted molar refractivity (Wildman–Crippen MR) is 141 cm³/mol. The molecule has 0 aliphatic carbocycles. The maximum atomic E-state index is 13.2. The maximum absolute atomic E-state index is 13.2. The molecule has 10 nitrogen and oxygen atoms in total. The molecule has 0 unspecified atom stereocenters. The van der Waals surface area contributed by atoms with Crippen LogP contribution in [-0.4, -0.2) is 58.0 Å². The third-order valence-electron chi connectivity index (χ3n) is 6.40. The topological polar surface area (TPSA) is 107 Å². The number of rotatable bonds is 12. The van der Waals surface area contributed by atoms with Crippen LogP contribution in [0.15, 0.2) is 53.3 Å². The molecule has 10 heteroatoms. The Kier molecular flexibility index (Phi) is 8.52. The molecule has 1 atom stereocenters. The number of benzene rings is 2. The minimum atomic E-state index is -0.158. The van der Waals surface area contributed by atoms with Crippen molar-refractivity contribution in [2.75, 3.05) is 27.9 Å². The van der Waals surface area contributed by atoms with Crippen molar-refractivity contribution in [2.45, 2.75) is 39.5 Å². The van der Waals surface area contributed by atoms with Crippen LogP contribution in [0.3, 0.4) is 0 Å². The van der Waals surface area contributed by atoms with Crippen LogP contribution in [-0.2, 0) is 24.4 Å². The highest BCUT2D eigenvalue weighted by molar-refractivity contribution is 5.80. The van der Waals surface area contributed by atoms with Gasteiger partial charge in [0.2, 0.25) is 0 Å². The minimum absolute atomic E-state index is 0.126. The number of aromatic amines is 1. The summed E-state index contributed by atoms with van der Waals surface area (Å²) in [5, 5.41) is 13.5. The Hall–Kier alpha value is -3.76. The van der Waals surface area contributed by atoms with Crippen molar-refractivity contribution in [3.05, 3.63) is 75.8 Å². The number of aromatic nitrogens is 5. The Morgan fingerprint density at radius 3 is 2.38 bits per heavy atom. The van der Waals surface area contributed by atoms with Gasteiger partial charge in [0, 0.05) is 36.7 Å². The number of ether oxygens (including phenoxy) is 3. The van der Waals surface area contributed by atoms with E-state index in [9.17, 15) is 4.79 Å². The Morgan fingerprint density at radius 2 is 1.70 bits per heavy atom. The van der Waals surface area contributed by atoms with E-state index >= 15 is 0 Å². The Bertz CT molecular complexity index is 1370. The second kappa shape index (κ2) is 12.0. The molecule has 0 bridgehead atoms. The fraction of sp³-hybridized carbons (Fsp3) is 0.407. The Morgan fingerprint density at radius 1 is 0.973 bits per heavy atom. The van der Waals surface area contributed by atoms with E-state index in [4.69, 9.17) is 14.2 Å². The quantitative estimate of drug-likeness (QED) is 0.311. The van der Waals surface area contributed by atoms with Gasteiger partial charge in [-0.2, -0.15) is 0 Å². The van der Waals surface area contributed by atoms with Crippen LogP contribution in [0, 0.1) is 5.92 Å². The summed E-state index contributed by atoms with van der Waals surface area (Å²) in [5.41, 5.74) is 2.37. The molecule has 2 aromatic carbocycles. The van der Waals surface area contributed by atoms with Crippen LogP contribution in [0.1, 0.15) is 36.8 Å². The van der Waals surface area contributed by atoms with Gasteiger partial charge in [-0.1, -0.05) is 26.0 Å². The number of hydrogen-bond acceptors (Lipinski definition) is 8. The molecule has 0 fully saturated rings. The lowest BCUT2D eigenvalue weighted by Gasteiger charge is -2.33. The van der Waals surface area contributed by atoms with E-state index in [-0.39, 0.29) is 17.5 Å². The largest absolute Gasteiger partial charge is 0.497 e. The standard InChI is InChI=1S/C27H34N6O4/c1-18(2)25(26-29-30-31-33(26)12-13-35-3)32(16-19-6-8-22(36-4)9-7-19)17-21-14-20-15-23(37-5)10-11-24(20)28-27(21)34/h6-11,14-15,18,25H,12-13,16-17H2,1-5H3,(H,28,34)/t25-/m1/s1. The van der Waals surface area contributed by atoms with Crippen LogP contribution in [0.2, 0.25) is 0 Å². The van der Waals surface area contributed by atoms with Gasteiger partial charge in [0.15, 0.2) is 5.82 Å². The molecule has 4 aromatic rings. The molecule has 0 amide bonds. The average Bonchev–Trinajstić information content (AvgIpc) is 3.35. The number of H-pyrrole nitrogens is 1. The second-order valence-electron chi connectivity index (χ2n) is 9.27. The predicted octanol–water partition coefficient (Wildman–Crippen LogP) is 3.58. The van der Waals surface area contributed by atoms with Gasteiger partial charge in [-0.25, -0.2) is 4.68 Å². The highest BCUT2D eigenvalue weighted by atomic mass is 16.5. The first-order valence-corrected chi connectivity index (χ1v) is 12.3. The summed E-state index contributed by atoms with van der Waals surface area (Å²) in [7, 11) is 4.93. The summed E-state index contributed by atoms with van der Waals surface area (Å²) < 4.78 is 17.8. The van der Waals surface area contributed by atoms with Gasteiger partial charge in [0.05, 0.1) is 33.4 Å². The zero-order valence-corrected chi connectivity index (χ0v) is 22.0. The van der Waals surface area contributed by atoms with Gasteiger partial charge in [-0.3, -0.25) is 9.69 Å². The molecule has 37 heavy (non-hydrogen) atoms. The highest BCUT2D eigenvalue weighted by Crippen LogP contribution is 2.31. The summed E-state index contributed by atoms with van der Waals surface area (Å²) >= 11 is 0. The first-order chi connectivity index (χ1) is 17.9. The van der Waals surface area contributed by atoms with E-state index in [1.165, 1.54) is 0 Å². The van der Waals surface area contributed by atoms with Crippen molar-refractivity contribution in [1.82, 2.24) is 30.1 Å². The van der Waals surface area contributed by atoms with Gasteiger partial charge < -0.3 is 19.2 Å².